The highest BCUT2D eigenvalue weighted by molar-refractivity contribution is 6.32. The fourth-order valence-electron chi connectivity index (χ4n) is 5.62. The van der Waals surface area contributed by atoms with E-state index in [4.69, 9.17) is 11.6 Å². The topological polar surface area (TPSA) is 76.2 Å². The average Bonchev–Trinajstić information content (AvgIpc) is 3.12. The van der Waals surface area contributed by atoms with Crippen LogP contribution in [0.5, 0.6) is 0 Å². The van der Waals surface area contributed by atoms with Gasteiger partial charge >= 0.3 is 12.1 Å². The normalized spacial score (nSPS) is 18.4. The Kier molecular flexibility index (Phi) is 8.12. The molecule has 5 rings (SSSR count). The standard InChI is InChI=1S/C30H33ClFN5O3/c1-3-14-36-20(2)24(23-8-6-9-25(32)28(23)31)18-35(30(36)40)19-27(38)34-15-12-22(13-16-34)37-17-11-21-7-4-5-10-26(21)33-29(37)39/h4-10,18,22H,2-3,11-17,19H2,1H3,(H,33,39). The zero-order chi connectivity index (χ0) is 28.4. The second kappa shape index (κ2) is 11.7. The Morgan fingerprint density at radius 3 is 2.60 bits per heavy atom. The lowest BCUT2D eigenvalue weighted by atomic mass is 10.0. The molecule has 8 nitrogen and oxygen atoms in total. The van der Waals surface area contributed by atoms with Crippen molar-refractivity contribution in [3.63, 3.8) is 0 Å². The van der Waals surface area contributed by atoms with Crippen LogP contribution in [0.25, 0.3) is 5.57 Å². The summed E-state index contributed by atoms with van der Waals surface area (Å²) in [4.78, 5) is 46.1. The Morgan fingerprint density at radius 1 is 1.10 bits per heavy atom. The summed E-state index contributed by atoms with van der Waals surface area (Å²) in [7, 11) is 0. The molecule has 0 bridgehead atoms. The lowest BCUT2D eigenvalue weighted by molar-refractivity contribution is -0.132. The summed E-state index contributed by atoms with van der Waals surface area (Å²) in [5.74, 6) is -0.760. The van der Waals surface area contributed by atoms with Crippen LogP contribution in [0, 0.1) is 5.82 Å². The highest BCUT2D eigenvalue weighted by Gasteiger charge is 2.35. The van der Waals surface area contributed by atoms with E-state index in [1.165, 1.54) is 15.9 Å². The van der Waals surface area contributed by atoms with E-state index in [1.807, 2.05) is 36.1 Å². The van der Waals surface area contributed by atoms with E-state index in [9.17, 15) is 18.8 Å². The first-order valence-electron chi connectivity index (χ1n) is 13.7. The molecule has 2 aromatic rings. The molecular formula is C30H33ClFN5O3. The van der Waals surface area contributed by atoms with Crippen LogP contribution in [-0.2, 0) is 11.2 Å². The minimum absolute atomic E-state index is 0.0277. The number of halogens is 2. The number of nitrogens with one attached hydrogen (secondary N) is 1. The molecule has 0 unspecified atom stereocenters. The van der Waals surface area contributed by atoms with Gasteiger partial charge in [0.25, 0.3) is 0 Å². The van der Waals surface area contributed by atoms with Gasteiger partial charge in [0.05, 0.1) is 5.02 Å². The SMILES string of the molecule is C=C1C(c2cccc(F)c2Cl)=CN(CC(=O)N2CCC(N3CCc4ccccc4NC3=O)CC2)C(=O)N1CCC. The van der Waals surface area contributed by atoms with Gasteiger partial charge in [-0.15, -0.1) is 0 Å². The summed E-state index contributed by atoms with van der Waals surface area (Å²) in [6.07, 6.45) is 4.31. The van der Waals surface area contributed by atoms with E-state index in [1.54, 1.807) is 23.2 Å². The lowest BCUT2D eigenvalue weighted by Gasteiger charge is -2.39. The Morgan fingerprint density at radius 2 is 1.85 bits per heavy atom. The molecule has 0 aromatic heterocycles. The number of carbonyl (C=O) groups is 3. The first-order chi connectivity index (χ1) is 19.3. The summed E-state index contributed by atoms with van der Waals surface area (Å²) < 4.78 is 14.2. The van der Waals surface area contributed by atoms with Crippen molar-refractivity contribution in [1.82, 2.24) is 19.6 Å². The minimum atomic E-state index is -0.570. The van der Waals surface area contributed by atoms with Crippen molar-refractivity contribution in [2.45, 2.75) is 38.6 Å². The van der Waals surface area contributed by atoms with Crippen molar-refractivity contribution in [2.75, 3.05) is 38.0 Å². The van der Waals surface area contributed by atoms with Crippen LogP contribution in [0.3, 0.4) is 0 Å². The Labute approximate surface area is 238 Å². The van der Waals surface area contributed by atoms with Gasteiger partial charge in [0.2, 0.25) is 5.91 Å². The highest BCUT2D eigenvalue weighted by Crippen LogP contribution is 2.35. The first kappa shape index (κ1) is 27.7. The molecule has 0 atom stereocenters. The molecule has 10 heteroatoms. The molecule has 0 aliphatic carbocycles. The molecule has 1 fully saturated rings. The van der Waals surface area contributed by atoms with E-state index >= 15 is 0 Å². The Balaban J connectivity index is 1.26. The number of benzene rings is 2. The van der Waals surface area contributed by atoms with Crippen molar-refractivity contribution in [3.8, 4) is 0 Å². The number of amides is 5. The number of carbonyl (C=O) groups excluding carboxylic acids is 3. The van der Waals surface area contributed by atoms with E-state index in [0.29, 0.717) is 62.3 Å². The smallest absolute Gasteiger partial charge is 0.328 e. The van der Waals surface area contributed by atoms with E-state index < -0.39 is 5.82 Å². The van der Waals surface area contributed by atoms with E-state index in [0.717, 1.165) is 17.7 Å². The van der Waals surface area contributed by atoms with Gasteiger partial charge in [-0.1, -0.05) is 55.4 Å². The van der Waals surface area contributed by atoms with Crippen molar-refractivity contribution >= 4 is 40.8 Å². The first-order valence-corrected chi connectivity index (χ1v) is 14.0. The van der Waals surface area contributed by atoms with Gasteiger partial charge in [-0.05, 0) is 43.4 Å². The van der Waals surface area contributed by atoms with Crippen LogP contribution in [0.15, 0.2) is 60.9 Å². The van der Waals surface area contributed by atoms with Gasteiger partial charge < -0.3 is 15.1 Å². The molecule has 0 saturated carbocycles. The molecule has 1 N–H and O–H groups in total. The summed E-state index contributed by atoms with van der Waals surface area (Å²) in [6.45, 7) is 7.85. The molecule has 5 amide bonds. The second-order valence-electron chi connectivity index (χ2n) is 10.3. The Hall–Kier alpha value is -3.85. The molecule has 210 valence electrons. The fraction of sp³-hybridized carbons (Fsp3) is 0.367. The van der Waals surface area contributed by atoms with Crippen LogP contribution in [0.1, 0.15) is 37.3 Å². The van der Waals surface area contributed by atoms with Gasteiger partial charge in [0, 0.05) is 60.9 Å². The monoisotopic (exact) mass is 565 g/mol. The third-order valence-electron chi connectivity index (χ3n) is 7.79. The molecule has 3 aliphatic heterocycles. The van der Waals surface area contributed by atoms with Crippen LogP contribution in [0.4, 0.5) is 19.7 Å². The van der Waals surface area contributed by atoms with Gasteiger partial charge in [0.15, 0.2) is 0 Å². The largest absolute Gasteiger partial charge is 0.341 e. The van der Waals surface area contributed by atoms with E-state index in [-0.39, 0.29) is 35.6 Å². The van der Waals surface area contributed by atoms with Crippen LogP contribution >= 0.6 is 11.6 Å². The number of fused-ring (bicyclic) bond motifs is 1. The molecule has 3 heterocycles. The van der Waals surface area contributed by atoms with Crippen molar-refractivity contribution in [2.24, 2.45) is 0 Å². The van der Waals surface area contributed by atoms with Gasteiger partial charge in [0.1, 0.15) is 12.4 Å². The van der Waals surface area contributed by atoms with Crippen molar-refractivity contribution in [1.29, 1.82) is 0 Å². The van der Waals surface area contributed by atoms with Crippen LogP contribution in [-0.4, -0.2) is 76.3 Å². The predicted molar refractivity (Wildman–Crippen MR) is 153 cm³/mol. The van der Waals surface area contributed by atoms with Crippen molar-refractivity contribution < 1.29 is 18.8 Å². The molecule has 40 heavy (non-hydrogen) atoms. The molecule has 0 spiro atoms. The van der Waals surface area contributed by atoms with Gasteiger partial charge in [-0.25, -0.2) is 14.0 Å². The number of para-hydroxylation sites is 1. The van der Waals surface area contributed by atoms with Gasteiger partial charge in [-0.2, -0.15) is 0 Å². The average molecular weight is 566 g/mol. The Bertz CT molecular complexity index is 1370. The zero-order valence-electron chi connectivity index (χ0n) is 22.5. The number of hydrogen-bond acceptors (Lipinski definition) is 3. The summed E-state index contributed by atoms with van der Waals surface area (Å²) >= 11 is 6.27. The van der Waals surface area contributed by atoms with Crippen LogP contribution in [0.2, 0.25) is 5.02 Å². The number of allylic oxidation sites excluding steroid dienone is 1. The van der Waals surface area contributed by atoms with Gasteiger partial charge in [-0.3, -0.25) is 14.6 Å². The maximum atomic E-state index is 14.2. The number of rotatable bonds is 6. The molecular weight excluding hydrogens is 533 g/mol. The third kappa shape index (κ3) is 5.43. The fourth-order valence-corrected chi connectivity index (χ4v) is 5.84. The number of hydrogen-bond donors (Lipinski definition) is 1. The maximum Gasteiger partial charge on any atom is 0.328 e. The van der Waals surface area contributed by atoms with E-state index in [2.05, 4.69) is 11.9 Å². The molecule has 1 saturated heterocycles. The third-order valence-corrected chi connectivity index (χ3v) is 8.18. The number of urea groups is 2. The highest BCUT2D eigenvalue weighted by atomic mass is 35.5. The maximum absolute atomic E-state index is 14.2. The number of likely N-dealkylation sites (tertiary alicyclic amines) is 1. The van der Waals surface area contributed by atoms with Crippen molar-refractivity contribution in [3.05, 3.63) is 82.9 Å². The minimum Gasteiger partial charge on any atom is -0.341 e. The number of nitrogens with zero attached hydrogens (tertiary/aromatic N) is 4. The number of anilines is 1. The summed E-state index contributed by atoms with van der Waals surface area (Å²) in [6, 6.07) is 11.9. The summed E-state index contributed by atoms with van der Waals surface area (Å²) in [5, 5.41) is 2.96. The summed E-state index contributed by atoms with van der Waals surface area (Å²) in [5.41, 5.74) is 3.29. The second-order valence-corrected chi connectivity index (χ2v) is 10.7. The zero-order valence-corrected chi connectivity index (χ0v) is 23.3. The number of piperidine rings is 1. The molecule has 0 radical (unpaired) electrons. The predicted octanol–water partition coefficient (Wildman–Crippen LogP) is 5.56. The lowest BCUT2D eigenvalue weighted by Crippen LogP contribution is -2.52. The van der Waals surface area contributed by atoms with Crippen LogP contribution < -0.4 is 5.32 Å². The molecule has 3 aliphatic rings. The molecule has 2 aromatic carbocycles. The quantitative estimate of drug-likeness (QED) is 0.498.